The Morgan fingerprint density at radius 3 is 3.07 bits per heavy atom. The molecular weight excluding hydrogens is 176 g/mol. The van der Waals surface area contributed by atoms with Gasteiger partial charge in [-0.05, 0) is 12.8 Å². The van der Waals surface area contributed by atoms with Crippen LogP contribution in [0, 0.1) is 11.3 Å². The first-order valence-electron chi connectivity index (χ1n) is 4.85. The van der Waals surface area contributed by atoms with Crippen LogP contribution in [0.25, 0.3) is 5.65 Å². The average molecular weight is 186 g/mol. The number of hydrogen-bond acceptors (Lipinski definition) is 2. The summed E-state index contributed by atoms with van der Waals surface area (Å²) in [6.45, 7) is 0. The van der Waals surface area contributed by atoms with Crippen molar-refractivity contribution in [2.45, 2.75) is 25.2 Å². The van der Waals surface area contributed by atoms with Gasteiger partial charge in [-0.1, -0.05) is 6.42 Å². The predicted molar refractivity (Wildman–Crippen MR) is 50.8 cm³/mol. The minimum absolute atomic E-state index is 0.548. The summed E-state index contributed by atoms with van der Waals surface area (Å²) < 4.78 is 1.83. The molecular formula is C10H10N4. The zero-order valence-electron chi connectivity index (χ0n) is 7.70. The fourth-order valence-electron chi connectivity index (χ4n) is 1.99. The van der Waals surface area contributed by atoms with E-state index in [1.165, 1.54) is 19.3 Å². The van der Waals surface area contributed by atoms with E-state index in [9.17, 15) is 0 Å². The van der Waals surface area contributed by atoms with E-state index in [0.717, 1.165) is 16.9 Å². The summed E-state index contributed by atoms with van der Waals surface area (Å²) in [4.78, 5) is 4.16. The molecule has 1 aliphatic rings. The van der Waals surface area contributed by atoms with Crippen LogP contribution >= 0.6 is 0 Å². The van der Waals surface area contributed by atoms with Crippen molar-refractivity contribution < 1.29 is 0 Å². The second-order valence-electron chi connectivity index (χ2n) is 3.76. The molecule has 1 aliphatic carbocycles. The molecule has 4 heteroatoms. The maximum atomic E-state index is 9.07. The van der Waals surface area contributed by atoms with Crippen LogP contribution in [0.2, 0.25) is 0 Å². The number of aromatic amines is 1. The fourth-order valence-corrected chi connectivity index (χ4v) is 1.99. The molecule has 0 radical (unpaired) electrons. The van der Waals surface area contributed by atoms with E-state index in [0.29, 0.717) is 5.92 Å². The minimum Gasteiger partial charge on any atom is -0.295 e. The number of nitrogens with one attached hydrogen (secondary N) is 1. The van der Waals surface area contributed by atoms with Crippen LogP contribution in [0.4, 0.5) is 0 Å². The highest BCUT2D eigenvalue weighted by atomic mass is 15.3. The van der Waals surface area contributed by atoms with E-state index in [2.05, 4.69) is 16.2 Å². The van der Waals surface area contributed by atoms with E-state index in [4.69, 9.17) is 5.26 Å². The van der Waals surface area contributed by atoms with Crippen molar-refractivity contribution in [1.29, 1.82) is 5.26 Å². The quantitative estimate of drug-likeness (QED) is 0.738. The Kier molecular flexibility index (Phi) is 1.42. The molecule has 0 saturated heterocycles. The monoisotopic (exact) mass is 186 g/mol. The summed E-state index contributed by atoms with van der Waals surface area (Å²) in [5.74, 6) is 0.548. The van der Waals surface area contributed by atoms with Crippen molar-refractivity contribution in [3.63, 3.8) is 0 Å². The molecule has 1 N–H and O–H groups in total. The third-order valence-corrected chi connectivity index (χ3v) is 3.00. The number of imidazole rings is 1. The second-order valence-corrected chi connectivity index (χ2v) is 3.76. The molecule has 0 atom stereocenters. The standard InChI is InChI=1S/C10H10N4/c11-6-8-9(7-2-1-3-7)13-14-5-4-12-10(8)14/h4-5,7,13H,1-3H2. The van der Waals surface area contributed by atoms with Crippen molar-refractivity contribution in [3.05, 3.63) is 23.7 Å². The molecule has 0 unspecified atom stereocenters. The molecule has 1 fully saturated rings. The summed E-state index contributed by atoms with van der Waals surface area (Å²) in [6, 6.07) is 2.24. The van der Waals surface area contributed by atoms with Crippen LogP contribution in [0.3, 0.4) is 0 Å². The van der Waals surface area contributed by atoms with Gasteiger partial charge in [0.25, 0.3) is 0 Å². The molecule has 70 valence electrons. The van der Waals surface area contributed by atoms with Gasteiger partial charge >= 0.3 is 0 Å². The van der Waals surface area contributed by atoms with Crippen LogP contribution < -0.4 is 0 Å². The Bertz CT molecular complexity index is 510. The molecule has 2 heterocycles. The molecule has 1 saturated carbocycles. The highest BCUT2D eigenvalue weighted by Crippen LogP contribution is 2.37. The Morgan fingerprint density at radius 1 is 1.57 bits per heavy atom. The average Bonchev–Trinajstić information content (AvgIpc) is 2.60. The van der Waals surface area contributed by atoms with Crippen LogP contribution in [0.5, 0.6) is 0 Å². The summed E-state index contributed by atoms with van der Waals surface area (Å²) in [5.41, 5.74) is 2.55. The summed E-state index contributed by atoms with van der Waals surface area (Å²) in [5, 5.41) is 12.3. The Hall–Kier alpha value is -1.76. The topological polar surface area (TPSA) is 56.9 Å². The fraction of sp³-hybridized carbons (Fsp3) is 0.400. The number of H-pyrrole nitrogens is 1. The Morgan fingerprint density at radius 2 is 2.43 bits per heavy atom. The third-order valence-electron chi connectivity index (χ3n) is 3.00. The van der Waals surface area contributed by atoms with Gasteiger partial charge in [0.15, 0.2) is 5.65 Å². The number of rotatable bonds is 1. The molecule has 0 aromatic carbocycles. The Labute approximate surface area is 81.2 Å². The van der Waals surface area contributed by atoms with Crippen molar-refractivity contribution in [2.24, 2.45) is 0 Å². The first-order valence-corrected chi connectivity index (χ1v) is 4.85. The zero-order chi connectivity index (χ0) is 9.54. The number of nitriles is 1. The SMILES string of the molecule is N#Cc1c(C2CCC2)[nH]n2ccnc12. The van der Waals surface area contributed by atoms with Crippen molar-refractivity contribution in [3.8, 4) is 6.07 Å². The van der Waals surface area contributed by atoms with Crippen LogP contribution in [0.15, 0.2) is 12.4 Å². The van der Waals surface area contributed by atoms with Crippen LogP contribution in [0.1, 0.15) is 36.4 Å². The molecule has 0 aliphatic heterocycles. The van der Waals surface area contributed by atoms with Gasteiger partial charge in [-0.2, -0.15) is 5.26 Å². The minimum atomic E-state index is 0.548. The number of nitrogens with zero attached hydrogens (tertiary/aromatic N) is 3. The van der Waals surface area contributed by atoms with Gasteiger partial charge in [0.05, 0.1) is 5.69 Å². The van der Waals surface area contributed by atoms with E-state index < -0.39 is 0 Å². The van der Waals surface area contributed by atoms with Gasteiger partial charge in [-0.15, -0.1) is 0 Å². The first kappa shape index (κ1) is 7.63. The largest absolute Gasteiger partial charge is 0.295 e. The zero-order valence-corrected chi connectivity index (χ0v) is 7.70. The van der Waals surface area contributed by atoms with Crippen molar-refractivity contribution in [2.75, 3.05) is 0 Å². The highest BCUT2D eigenvalue weighted by Gasteiger charge is 2.26. The Balaban J connectivity index is 2.22. The maximum Gasteiger partial charge on any atom is 0.171 e. The molecule has 2 aromatic heterocycles. The third kappa shape index (κ3) is 0.841. The summed E-state index contributed by atoms with van der Waals surface area (Å²) in [6.07, 6.45) is 7.21. The highest BCUT2D eigenvalue weighted by molar-refractivity contribution is 5.58. The van der Waals surface area contributed by atoms with E-state index in [1.54, 1.807) is 6.20 Å². The molecule has 14 heavy (non-hydrogen) atoms. The van der Waals surface area contributed by atoms with Gasteiger partial charge in [-0.3, -0.25) is 5.10 Å². The van der Waals surface area contributed by atoms with Gasteiger partial charge in [0, 0.05) is 18.3 Å². The smallest absolute Gasteiger partial charge is 0.171 e. The van der Waals surface area contributed by atoms with Crippen molar-refractivity contribution >= 4 is 5.65 Å². The lowest BCUT2D eigenvalue weighted by Gasteiger charge is -2.24. The second kappa shape index (κ2) is 2.61. The molecule has 2 aromatic rings. The molecule has 4 nitrogen and oxygen atoms in total. The molecule has 0 spiro atoms. The summed E-state index contributed by atoms with van der Waals surface area (Å²) >= 11 is 0. The maximum absolute atomic E-state index is 9.07. The van der Waals surface area contributed by atoms with Crippen LogP contribution in [-0.2, 0) is 0 Å². The van der Waals surface area contributed by atoms with Gasteiger partial charge in [0.2, 0.25) is 0 Å². The van der Waals surface area contributed by atoms with E-state index in [1.807, 2.05) is 10.7 Å². The van der Waals surface area contributed by atoms with Crippen LogP contribution in [-0.4, -0.2) is 14.6 Å². The van der Waals surface area contributed by atoms with Gasteiger partial charge in [-0.25, -0.2) is 9.50 Å². The van der Waals surface area contributed by atoms with Crippen molar-refractivity contribution in [1.82, 2.24) is 14.6 Å². The predicted octanol–water partition coefficient (Wildman–Crippen LogP) is 1.80. The van der Waals surface area contributed by atoms with Gasteiger partial charge in [0.1, 0.15) is 11.6 Å². The molecule has 3 rings (SSSR count). The first-order chi connectivity index (χ1) is 6.90. The lowest BCUT2D eigenvalue weighted by Crippen LogP contribution is -2.10. The number of fused-ring (bicyclic) bond motifs is 1. The number of hydrogen-bond donors (Lipinski definition) is 1. The lowest BCUT2D eigenvalue weighted by molar-refractivity contribution is 0.409. The van der Waals surface area contributed by atoms with Gasteiger partial charge < -0.3 is 0 Å². The van der Waals surface area contributed by atoms with E-state index in [-0.39, 0.29) is 0 Å². The van der Waals surface area contributed by atoms with E-state index >= 15 is 0 Å². The molecule has 0 amide bonds. The normalized spacial score (nSPS) is 16.8. The lowest BCUT2D eigenvalue weighted by atomic mass is 9.82. The number of aromatic nitrogens is 3. The summed E-state index contributed by atoms with van der Waals surface area (Å²) in [7, 11) is 0. The molecule has 0 bridgehead atoms.